The quantitative estimate of drug-likeness (QED) is 0.526. The van der Waals surface area contributed by atoms with Crippen molar-refractivity contribution in [2.75, 3.05) is 20.3 Å². The largest absolute Gasteiger partial charge is 0.460 e. The molecule has 0 spiro atoms. The molecule has 1 rings (SSSR count). The minimum absolute atomic E-state index is 0.249. The summed E-state index contributed by atoms with van der Waals surface area (Å²) < 4.78 is 10.6. The van der Waals surface area contributed by atoms with E-state index in [2.05, 4.69) is 28.6 Å². The van der Waals surface area contributed by atoms with Gasteiger partial charge in [-0.05, 0) is 18.2 Å². The van der Waals surface area contributed by atoms with Crippen molar-refractivity contribution in [3.63, 3.8) is 0 Å². The van der Waals surface area contributed by atoms with E-state index in [0.717, 1.165) is 4.47 Å². The highest BCUT2D eigenvalue weighted by molar-refractivity contribution is 9.10. The Balaban J connectivity index is 2.65. The van der Waals surface area contributed by atoms with Gasteiger partial charge in [0.15, 0.2) is 0 Å². The summed E-state index contributed by atoms with van der Waals surface area (Å²) in [6.07, 6.45) is 0. The van der Waals surface area contributed by atoms with Crippen LogP contribution in [0.25, 0.3) is 0 Å². The molecular weight excluding hydrogens is 280 g/mol. The van der Waals surface area contributed by atoms with E-state index in [-0.39, 0.29) is 12.6 Å². The summed E-state index contributed by atoms with van der Waals surface area (Å²) in [7, 11) is 1.55. The van der Waals surface area contributed by atoms with Gasteiger partial charge in [0.2, 0.25) is 0 Å². The van der Waals surface area contributed by atoms with Gasteiger partial charge >= 0.3 is 5.97 Å². The number of methoxy groups -OCH3 is 1. The maximum atomic E-state index is 11.5. The van der Waals surface area contributed by atoms with Crippen molar-refractivity contribution >= 4 is 34.5 Å². The number of ether oxygens (including phenoxy) is 2. The van der Waals surface area contributed by atoms with Crippen LogP contribution < -0.4 is 0 Å². The van der Waals surface area contributed by atoms with E-state index in [0.29, 0.717) is 17.1 Å². The zero-order valence-corrected chi connectivity index (χ0v) is 10.7. The van der Waals surface area contributed by atoms with E-state index >= 15 is 0 Å². The molecule has 0 aliphatic heterocycles. The predicted octanol–water partition coefficient (Wildman–Crippen LogP) is 2.54. The average molecular weight is 291 g/mol. The predicted molar refractivity (Wildman–Crippen MR) is 63.6 cm³/mol. The second-order valence-electron chi connectivity index (χ2n) is 2.79. The van der Waals surface area contributed by atoms with Gasteiger partial charge in [0.25, 0.3) is 0 Å². The first kappa shape index (κ1) is 12.5. The first-order valence-electron chi connectivity index (χ1n) is 4.29. The summed E-state index contributed by atoms with van der Waals surface area (Å²) in [4.78, 5) is 12.1. The molecule has 0 saturated carbocycles. The molecule has 1 aromatic rings. The second-order valence-corrected chi connectivity index (χ2v) is 4.19. The third-order valence-electron chi connectivity index (χ3n) is 1.70. The lowest BCUT2D eigenvalue weighted by atomic mass is 10.2. The van der Waals surface area contributed by atoms with E-state index in [1.807, 2.05) is 0 Å². The highest BCUT2D eigenvalue weighted by Crippen LogP contribution is 2.20. The van der Waals surface area contributed by atoms with Crippen molar-refractivity contribution < 1.29 is 14.3 Å². The van der Waals surface area contributed by atoms with Crippen LogP contribution in [-0.2, 0) is 9.47 Å². The Labute approximate surface area is 102 Å². The maximum absolute atomic E-state index is 11.5. The normalized spacial score (nSPS) is 10.1. The molecule has 0 heterocycles. The van der Waals surface area contributed by atoms with Crippen LogP contribution in [0.5, 0.6) is 0 Å². The van der Waals surface area contributed by atoms with Crippen LogP contribution in [0.2, 0.25) is 0 Å². The zero-order valence-electron chi connectivity index (χ0n) is 8.20. The van der Waals surface area contributed by atoms with E-state index < -0.39 is 0 Å². The number of esters is 1. The van der Waals surface area contributed by atoms with Crippen LogP contribution in [0.15, 0.2) is 27.6 Å². The van der Waals surface area contributed by atoms with Crippen LogP contribution in [-0.4, -0.2) is 26.3 Å². The fraction of sp³-hybridized carbons (Fsp3) is 0.300. The number of carbonyl (C=O) groups is 1. The van der Waals surface area contributed by atoms with Crippen molar-refractivity contribution in [3.05, 3.63) is 28.2 Å². The molecule has 0 aliphatic rings. The van der Waals surface area contributed by atoms with E-state index in [9.17, 15) is 4.79 Å². The van der Waals surface area contributed by atoms with E-state index in [1.165, 1.54) is 0 Å². The van der Waals surface area contributed by atoms with Gasteiger partial charge in [-0.1, -0.05) is 15.9 Å². The lowest BCUT2D eigenvalue weighted by Gasteiger charge is -2.06. The number of carbonyl (C=O) groups excluding carboxylic acids is 1. The Morgan fingerprint density at radius 1 is 1.47 bits per heavy atom. The van der Waals surface area contributed by atoms with Crippen LogP contribution in [0.1, 0.15) is 10.4 Å². The average Bonchev–Trinajstić information content (AvgIpc) is 2.17. The molecule has 0 saturated heterocycles. The first-order valence-corrected chi connectivity index (χ1v) is 5.53. The topological polar surface area (TPSA) is 35.5 Å². The summed E-state index contributed by atoms with van der Waals surface area (Å²) in [5.41, 5.74) is 0.456. The van der Waals surface area contributed by atoms with Gasteiger partial charge in [-0.2, -0.15) is 0 Å². The Kier molecular flexibility index (Phi) is 5.14. The van der Waals surface area contributed by atoms with Gasteiger partial charge in [-0.3, -0.25) is 0 Å². The molecule has 0 fully saturated rings. The molecule has 1 aromatic carbocycles. The number of rotatable bonds is 4. The van der Waals surface area contributed by atoms with Crippen molar-refractivity contribution in [2.45, 2.75) is 4.90 Å². The van der Waals surface area contributed by atoms with Crippen molar-refractivity contribution in [2.24, 2.45) is 0 Å². The number of hydrogen-bond acceptors (Lipinski definition) is 4. The fourth-order valence-electron chi connectivity index (χ4n) is 0.973. The molecular formula is C10H11BrO3S. The molecule has 0 aliphatic carbocycles. The molecule has 0 amide bonds. The third kappa shape index (κ3) is 3.85. The standard InChI is InChI=1S/C10H11BrO3S/c1-13-4-5-14-10(12)8-3-2-7(11)6-9(8)15/h2-3,6,15H,4-5H2,1H3. The Morgan fingerprint density at radius 2 is 2.20 bits per heavy atom. The summed E-state index contributed by atoms with van der Waals surface area (Å²) in [5, 5.41) is 0. The summed E-state index contributed by atoms with van der Waals surface area (Å²) >= 11 is 7.48. The number of hydrogen-bond donors (Lipinski definition) is 1. The van der Waals surface area contributed by atoms with Gasteiger partial charge in [0.1, 0.15) is 6.61 Å². The highest BCUT2D eigenvalue weighted by Gasteiger charge is 2.10. The molecule has 0 atom stereocenters. The monoisotopic (exact) mass is 290 g/mol. The molecule has 82 valence electrons. The lowest BCUT2D eigenvalue weighted by molar-refractivity contribution is 0.0384. The number of halogens is 1. The van der Waals surface area contributed by atoms with Crippen LogP contribution >= 0.6 is 28.6 Å². The van der Waals surface area contributed by atoms with Crippen molar-refractivity contribution in [3.8, 4) is 0 Å². The smallest absolute Gasteiger partial charge is 0.339 e. The maximum Gasteiger partial charge on any atom is 0.339 e. The number of benzene rings is 1. The molecule has 3 nitrogen and oxygen atoms in total. The van der Waals surface area contributed by atoms with Gasteiger partial charge in [0.05, 0.1) is 12.2 Å². The van der Waals surface area contributed by atoms with Gasteiger partial charge < -0.3 is 9.47 Å². The Bertz CT molecular complexity index is 355. The van der Waals surface area contributed by atoms with Gasteiger partial charge in [0, 0.05) is 16.5 Å². The van der Waals surface area contributed by atoms with Gasteiger partial charge in [-0.25, -0.2) is 4.79 Å². The minimum Gasteiger partial charge on any atom is -0.460 e. The third-order valence-corrected chi connectivity index (χ3v) is 2.56. The first-order chi connectivity index (χ1) is 7.15. The SMILES string of the molecule is COCCOC(=O)c1ccc(Br)cc1S. The Hall–Kier alpha value is -0.520. The molecule has 0 bridgehead atoms. The van der Waals surface area contributed by atoms with Crippen molar-refractivity contribution in [1.82, 2.24) is 0 Å². The summed E-state index contributed by atoms with van der Waals surface area (Å²) in [5.74, 6) is -0.385. The number of thiol groups is 1. The van der Waals surface area contributed by atoms with Gasteiger partial charge in [-0.15, -0.1) is 12.6 Å². The highest BCUT2D eigenvalue weighted by atomic mass is 79.9. The minimum atomic E-state index is -0.385. The molecule has 5 heteroatoms. The molecule has 15 heavy (non-hydrogen) atoms. The van der Waals surface area contributed by atoms with E-state index in [4.69, 9.17) is 9.47 Å². The molecule has 0 aromatic heterocycles. The second kappa shape index (κ2) is 6.15. The van der Waals surface area contributed by atoms with Crippen molar-refractivity contribution in [1.29, 1.82) is 0 Å². The Morgan fingerprint density at radius 3 is 2.80 bits per heavy atom. The van der Waals surface area contributed by atoms with E-state index in [1.54, 1.807) is 25.3 Å². The zero-order chi connectivity index (χ0) is 11.3. The fourth-order valence-corrected chi connectivity index (χ4v) is 1.82. The van der Waals surface area contributed by atoms with Crippen LogP contribution in [0.4, 0.5) is 0 Å². The molecule has 0 radical (unpaired) electrons. The summed E-state index contributed by atoms with van der Waals surface area (Å²) in [6.45, 7) is 0.642. The summed E-state index contributed by atoms with van der Waals surface area (Å²) in [6, 6.07) is 5.18. The van der Waals surface area contributed by atoms with Crippen LogP contribution in [0.3, 0.4) is 0 Å². The molecule has 0 N–H and O–H groups in total. The molecule has 0 unspecified atom stereocenters. The van der Waals surface area contributed by atoms with Crippen LogP contribution in [0, 0.1) is 0 Å². The lowest BCUT2D eigenvalue weighted by Crippen LogP contribution is -2.10.